The fourth-order valence-electron chi connectivity index (χ4n) is 2.39. The number of ketones is 1. The van der Waals surface area contributed by atoms with E-state index in [1.54, 1.807) is 6.92 Å². The number of primary amides is 1. The number of Topliss-reactive ketones (excluding diaryl/α,β-unsaturated/α-hetero) is 1. The summed E-state index contributed by atoms with van der Waals surface area (Å²) in [6, 6.07) is -0.919. The molecule has 3 amide bonds. The monoisotopic (exact) mass is 242 g/mol. The van der Waals surface area contributed by atoms with Crippen LogP contribution in [0.2, 0.25) is 0 Å². The summed E-state index contributed by atoms with van der Waals surface area (Å²) >= 11 is 0. The number of imide groups is 1. The molecule has 2 atom stereocenters. The topological polar surface area (TPSA) is 89.3 Å². The average Bonchev–Trinajstić information content (AvgIpc) is 2.17. The van der Waals surface area contributed by atoms with Crippen molar-refractivity contribution in [2.45, 2.75) is 47.0 Å². The van der Waals surface area contributed by atoms with E-state index in [1.165, 1.54) is 6.92 Å². The number of rotatable bonds is 6. The quantitative estimate of drug-likeness (QED) is 0.693. The predicted octanol–water partition coefficient (Wildman–Crippen LogP) is 1.60. The third kappa shape index (κ3) is 3.28. The molecule has 0 aliphatic carbocycles. The molecule has 5 heteroatoms. The van der Waals surface area contributed by atoms with Gasteiger partial charge in [0.15, 0.2) is 0 Å². The summed E-state index contributed by atoms with van der Waals surface area (Å²) in [5.74, 6) is -0.921. The number of nitrogens with two attached hydrogens (primary N) is 1. The summed E-state index contributed by atoms with van der Waals surface area (Å²) in [5, 5.41) is 2.03. The molecule has 2 unspecified atom stereocenters. The normalized spacial score (nSPS) is 15.8. The van der Waals surface area contributed by atoms with Crippen LogP contribution in [0.4, 0.5) is 4.79 Å². The van der Waals surface area contributed by atoms with Crippen molar-refractivity contribution in [2.24, 2.45) is 17.1 Å². The standard InChI is InChI=1S/C12H22N2O3/c1-5-7-8(3)12(6-2,9(4)15)10(16)14-11(13)17/h8H,5-7H2,1-4H3,(H3,13,14,16,17). The Balaban J connectivity index is 5.27. The molecule has 0 heterocycles. The highest BCUT2D eigenvalue weighted by Gasteiger charge is 2.46. The zero-order valence-electron chi connectivity index (χ0n) is 11.0. The van der Waals surface area contributed by atoms with E-state index in [4.69, 9.17) is 5.73 Å². The van der Waals surface area contributed by atoms with E-state index in [-0.39, 0.29) is 11.7 Å². The summed E-state index contributed by atoms with van der Waals surface area (Å²) in [7, 11) is 0. The zero-order chi connectivity index (χ0) is 13.6. The van der Waals surface area contributed by atoms with Gasteiger partial charge in [-0.3, -0.25) is 14.9 Å². The third-order valence-corrected chi connectivity index (χ3v) is 3.39. The van der Waals surface area contributed by atoms with Crippen LogP contribution in [0.5, 0.6) is 0 Å². The van der Waals surface area contributed by atoms with Crippen molar-refractivity contribution in [1.29, 1.82) is 0 Å². The van der Waals surface area contributed by atoms with Crippen molar-refractivity contribution in [3.8, 4) is 0 Å². The van der Waals surface area contributed by atoms with E-state index in [0.29, 0.717) is 6.42 Å². The number of carbonyl (C=O) groups excluding carboxylic acids is 3. The lowest BCUT2D eigenvalue weighted by Gasteiger charge is -2.34. The van der Waals surface area contributed by atoms with E-state index < -0.39 is 17.4 Å². The Labute approximate surface area is 102 Å². The summed E-state index contributed by atoms with van der Waals surface area (Å²) in [4.78, 5) is 34.6. The second-order valence-electron chi connectivity index (χ2n) is 4.39. The molecular weight excluding hydrogens is 220 g/mol. The molecule has 17 heavy (non-hydrogen) atoms. The largest absolute Gasteiger partial charge is 0.351 e. The fraction of sp³-hybridized carbons (Fsp3) is 0.750. The van der Waals surface area contributed by atoms with Crippen molar-refractivity contribution >= 4 is 17.7 Å². The molecule has 0 saturated carbocycles. The lowest BCUT2D eigenvalue weighted by atomic mass is 9.69. The zero-order valence-corrected chi connectivity index (χ0v) is 11.0. The van der Waals surface area contributed by atoms with Crippen LogP contribution in [0.25, 0.3) is 0 Å². The Bertz CT molecular complexity index is 315. The molecule has 98 valence electrons. The summed E-state index contributed by atoms with van der Waals surface area (Å²) < 4.78 is 0. The Morgan fingerprint density at radius 2 is 1.82 bits per heavy atom. The minimum absolute atomic E-state index is 0.116. The van der Waals surface area contributed by atoms with Crippen molar-refractivity contribution < 1.29 is 14.4 Å². The molecule has 0 bridgehead atoms. The Morgan fingerprint density at radius 1 is 1.29 bits per heavy atom. The number of amides is 3. The van der Waals surface area contributed by atoms with Crippen molar-refractivity contribution in [2.75, 3.05) is 0 Å². The van der Waals surface area contributed by atoms with Crippen LogP contribution in [0.15, 0.2) is 0 Å². The highest BCUT2D eigenvalue weighted by Crippen LogP contribution is 2.36. The molecule has 3 N–H and O–H groups in total. The lowest BCUT2D eigenvalue weighted by Crippen LogP contribution is -2.52. The van der Waals surface area contributed by atoms with E-state index in [2.05, 4.69) is 0 Å². The molecule has 0 aromatic carbocycles. The number of nitrogens with one attached hydrogen (secondary N) is 1. The van der Waals surface area contributed by atoms with Crippen LogP contribution in [-0.4, -0.2) is 17.7 Å². The third-order valence-electron chi connectivity index (χ3n) is 3.39. The van der Waals surface area contributed by atoms with Gasteiger partial charge in [-0.25, -0.2) is 4.79 Å². The molecule has 0 radical (unpaired) electrons. The van der Waals surface area contributed by atoms with Crippen LogP contribution < -0.4 is 11.1 Å². The van der Waals surface area contributed by atoms with E-state index >= 15 is 0 Å². The van der Waals surface area contributed by atoms with Crippen LogP contribution in [0.1, 0.15) is 47.0 Å². The molecule has 0 saturated heterocycles. The smallest absolute Gasteiger partial charge is 0.318 e. The summed E-state index contributed by atoms with van der Waals surface area (Å²) in [5.41, 5.74) is 3.79. The highest BCUT2D eigenvalue weighted by molar-refractivity contribution is 6.09. The fourth-order valence-corrected chi connectivity index (χ4v) is 2.39. The number of hydrogen-bond acceptors (Lipinski definition) is 3. The molecule has 0 spiro atoms. The van der Waals surface area contributed by atoms with Crippen LogP contribution in [-0.2, 0) is 9.59 Å². The van der Waals surface area contributed by atoms with Crippen LogP contribution in [0, 0.1) is 11.3 Å². The second kappa shape index (κ2) is 6.37. The average molecular weight is 242 g/mol. The van der Waals surface area contributed by atoms with Crippen LogP contribution in [0.3, 0.4) is 0 Å². The van der Waals surface area contributed by atoms with Gasteiger partial charge in [0, 0.05) is 0 Å². The first kappa shape index (κ1) is 15.6. The van der Waals surface area contributed by atoms with Crippen molar-refractivity contribution in [3.05, 3.63) is 0 Å². The first-order valence-electron chi connectivity index (χ1n) is 5.94. The van der Waals surface area contributed by atoms with Gasteiger partial charge in [-0.1, -0.05) is 27.2 Å². The van der Waals surface area contributed by atoms with Gasteiger partial charge >= 0.3 is 6.03 Å². The van der Waals surface area contributed by atoms with Crippen LogP contribution >= 0.6 is 0 Å². The van der Waals surface area contributed by atoms with Gasteiger partial charge in [0.2, 0.25) is 5.91 Å². The maximum absolute atomic E-state index is 12.0. The lowest BCUT2D eigenvalue weighted by molar-refractivity contribution is -0.144. The first-order valence-corrected chi connectivity index (χ1v) is 5.94. The predicted molar refractivity (Wildman–Crippen MR) is 65.2 cm³/mol. The Hall–Kier alpha value is -1.39. The highest BCUT2D eigenvalue weighted by atomic mass is 16.2. The van der Waals surface area contributed by atoms with E-state index in [9.17, 15) is 14.4 Å². The second-order valence-corrected chi connectivity index (χ2v) is 4.39. The van der Waals surface area contributed by atoms with Gasteiger partial charge in [0.05, 0.1) is 0 Å². The summed E-state index contributed by atoms with van der Waals surface area (Å²) in [6.45, 7) is 7.00. The molecule has 0 rings (SSSR count). The van der Waals surface area contributed by atoms with Crippen molar-refractivity contribution in [1.82, 2.24) is 5.32 Å². The van der Waals surface area contributed by atoms with Gasteiger partial charge in [-0.15, -0.1) is 0 Å². The van der Waals surface area contributed by atoms with E-state index in [0.717, 1.165) is 12.8 Å². The SMILES string of the molecule is CCCC(C)C(CC)(C(C)=O)C(=O)NC(N)=O. The molecular formula is C12H22N2O3. The van der Waals surface area contributed by atoms with E-state index in [1.807, 2.05) is 19.2 Å². The minimum Gasteiger partial charge on any atom is -0.351 e. The first-order chi connectivity index (χ1) is 7.82. The summed E-state index contributed by atoms with van der Waals surface area (Å²) in [6.07, 6.45) is 1.99. The molecule has 0 aliphatic rings. The van der Waals surface area contributed by atoms with Gasteiger partial charge in [0.1, 0.15) is 11.2 Å². The molecule has 0 aromatic rings. The van der Waals surface area contributed by atoms with Gasteiger partial charge in [-0.05, 0) is 25.7 Å². The van der Waals surface area contributed by atoms with Gasteiger partial charge in [0.25, 0.3) is 0 Å². The van der Waals surface area contributed by atoms with Gasteiger partial charge in [-0.2, -0.15) is 0 Å². The maximum atomic E-state index is 12.0. The molecule has 0 fully saturated rings. The number of carbonyl (C=O) groups is 3. The Morgan fingerprint density at radius 3 is 2.12 bits per heavy atom. The number of hydrogen-bond donors (Lipinski definition) is 2. The minimum atomic E-state index is -1.15. The van der Waals surface area contributed by atoms with Gasteiger partial charge < -0.3 is 5.73 Å². The Kier molecular flexibility index (Phi) is 5.85. The molecule has 0 aromatic heterocycles. The molecule has 5 nitrogen and oxygen atoms in total. The molecule has 0 aliphatic heterocycles. The number of urea groups is 1. The van der Waals surface area contributed by atoms with Crippen molar-refractivity contribution in [3.63, 3.8) is 0 Å². The maximum Gasteiger partial charge on any atom is 0.318 e.